The number of rotatable bonds is 3. The summed E-state index contributed by atoms with van der Waals surface area (Å²) in [5, 5.41) is 3.44. The second-order valence-electron chi connectivity index (χ2n) is 5.25. The molecule has 0 bridgehead atoms. The summed E-state index contributed by atoms with van der Waals surface area (Å²) in [6.07, 6.45) is 1.72. The molecule has 0 saturated heterocycles. The molecule has 130 valence electrons. The monoisotopic (exact) mass is 382 g/mol. The molecule has 1 N–H and O–H groups in total. The Labute approximate surface area is 151 Å². The summed E-state index contributed by atoms with van der Waals surface area (Å²) in [5.41, 5.74) is 2.69. The summed E-state index contributed by atoms with van der Waals surface area (Å²) in [5.74, 6) is -1.52. The Kier molecular flexibility index (Phi) is 4.49. The molecule has 25 heavy (non-hydrogen) atoms. The van der Waals surface area contributed by atoms with E-state index in [2.05, 4.69) is 15.3 Å². The van der Waals surface area contributed by atoms with E-state index >= 15 is 0 Å². The van der Waals surface area contributed by atoms with Crippen molar-refractivity contribution >= 4 is 55.8 Å². The van der Waals surface area contributed by atoms with Crippen molar-refractivity contribution in [3.8, 4) is 5.75 Å². The fourth-order valence-corrected chi connectivity index (χ4v) is 3.50. The molecule has 0 saturated carbocycles. The summed E-state index contributed by atoms with van der Waals surface area (Å²) in [4.78, 5) is 8.88. The number of aryl methyl sites for hydroxylation is 1. The van der Waals surface area contributed by atoms with Crippen LogP contribution in [0.3, 0.4) is 0 Å². The van der Waals surface area contributed by atoms with Gasteiger partial charge >= 0.3 is 0 Å². The minimum absolute atomic E-state index is 0. The van der Waals surface area contributed by atoms with Gasteiger partial charge in [-0.25, -0.2) is 18.7 Å². The summed E-state index contributed by atoms with van der Waals surface area (Å²) >= 11 is 1.38. The number of fused-ring (bicyclic) bond motifs is 3. The van der Waals surface area contributed by atoms with Crippen molar-refractivity contribution in [2.75, 3.05) is 12.4 Å². The van der Waals surface area contributed by atoms with Crippen LogP contribution in [-0.2, 0) is 7.05 Å². The molecule has 4 rings (SSSR count). The number of aromatic nitrogens is 3. The molecule has 2 heterocycles. The number of nitrogens with one attached hydrogen (secondary N) is 1. The minimum Gasteiger partial charge on any atom is -0.492 e. The predicted molar refractivity (Wildman–Crippen MR) is 97.3 cm³/mol. The van der Waals surface area contributed by atoms with E-state index in [1.807, 2.05) is 23.7 Å². The molecule has 0 unspecified atom stereocenters. The van der Waals surface area contributed by atoms with Gasteiger partial charge in [-0.15, -0.1) is 12.4 Å². The number of thiazole rings is 1. The maximum absolute atomic E-state index is 13.8. The highest BCUT2D eigenvalue weighted by molar-refractivity contribution is 7.22. The maximum Gasteiger partial charge on any atom is 0.188 e. The molecule has 4 aromatic rings. The molecule has 0 radical (unpaired) electrons. The molecule has 0 aliphatic heterocycles. The smallest absolute Gasteiger partial charge is 0.188 e. The Bertz CT molecular complexity index is 1080. The van der Waals surface area contributed by atoms with Crippen LogP contribution in [0, 0.1) is 11.6 Å². The number of imidazole rings is 1. The van der Waals surface area contributed by atoms with Crippen LogP contribution in [0.2, 0.25) is 0 Å². The van der Waals surface area contributed by atoms with Crippen LogP contribution in [0.25, 0.3) is 21.3 Å². The van der Waals surface area contributed by atoms with Crippen LogP contribution in [0.4, 0.5) is 19.6 Å². The van der Waals surface area contributed by atoms with E-state index in [0.29, 0.717) is 5.13 Å². The van der Waals surface area contributed by atoms with Gasteiger partial charge in [-0.3, -0.25) is 0 Å². The molecule has 0 fully saturated rings. The Balaban J connectivity index is 0.00000182. The number of benzene rings is 2. The summed E-state index contributed by atoms with van der Waals surface area (Å²) in [6.45, 7) is 0. The van der Waals surface area contributed by atoms with Gasteiger partial charge in [0.15, 0.2) is 16.7 Å². The highest BCUT2D eigenvalue weighted by Gasteiger charge is 2.15. The van der Waals surface area contributed by atoms with E-state index in [1.54, 1.807) is 6.33 Å². The lowest BCUT2D eigenvalue weighted by Crippen LogP contribution is -1.98. The second-order valence-corrected chi connectivity index (χ2v) is 6.28. The SMILES string of the molecule is COc1c(F)cc(F)cc1Nc1nc2c(ccc3c2ncn3C)s1.Cl. The normalized spacial score (nSPS) is 10.9. The minimum atomic E-state index is -0.770. The van der Waals surface area contributed by atoms with Crippen molar-refractivity contribution < 1.29 is 13.5 Å². The first-order chi connectivity index (χ1) is 11.6. The van der Waals surface area contributed by atoms with Crippen LogP contribution in [0.5, 0.6) is 5.75 Å². The standard InChI is InChI=1S/C16H12F2N4OS.ClH/c1-22-7-19-13-11(22)3-4-12-14(13)21-16(24-12)20-10-6-8(17)5-9(18)15(10)23-2;/h3-7H,1-2H3,(H,20,21);1H. The van der Waals surface area contributed by atoms with Crippen LogP contribution in [0.1, 0.15) is 0 Å². The predicted octanol–water partition coefficient (Wildman–Crippen LogP) is 4.64. The zero-order valence-electron chi connectivity index (χ0n) is 13.2. The quantitative estimate of drug-likeness (QED) is 0.561. The lowest BCUT2D eigenvalue weighted by atomic mass is 10.2. The Hall–Kier alpha value is -2.45. The Morgan fingerprint density at radius 1 is 1.20 bits per heavy atom. The number of hydrogen-bond acceptors (Lipinski definition) is 5. The van der Waals surface area contributed by atoms with Gasteiger partial charge in [0.25, 0.3) is 0 Å². The molecular formula is C16H13ClF2N4OS. The van der Waals surface area contributed by atoms with Crippen molar-refractivity contribution in [2.45, 2.75) is 0 Å². The summed E-state index contributed by atoms with van der Waals surface area (Å²) in [6, 6.07) is 5.87. The zero-order valence-corrected chi connectivity index (χ0v) is 14.8. The highest BCUT2D eigenvalue weighted by atomic mass is 35.5. The number of methoxy groups -OCH3 is 1. The number of halogens is 3. The molecule has 0 atom stereocenters. The van der Waals surface area contributed by atoms with Crippen LogP contribution < -0.4 is 10.1 Å². The number of ether oxygens (including phenoxy) is 1. The zero-order chi connectivity index (χ0) is 16.8. The van der Waals surface area contributed by atoms with E-state index in [4.69, 9.17) is 4.74 Å². The average Bonchev–Trinajstić information content (AvgIpc) is 3.10. The van der Waals surface area contributed by atoms with Gasteiger partial charge in [-0.05, 0) is 12.1 Å². The molecule has 9 heteroatoms. The molecule has 0 aliphatic rings. The van der Waals surface area contributed by atoms with E-state index in [9.17, 15) is 8.78 Å². The third-order valence-electron chi connectivity index (χ3n) is 3.71. The van der Waals surface area contributed by atoms with Crippen molar-refractivity contribution in [1.82, 2.24) is 14.5 Å². The topological polar surface area (TPSA) is 52.0 Å². The fraction of sp³-hybridized carbons (Fsp3) is 0.125. The van der Waals surface area contributed by atoms with Crippen LogP contribution in [0.15, 0.2) is 30.6 Å². The lowest BCUT2D eigenvalue weighted by molar-refractivity contribution is 0.386. The number of anilines is 2. The van der Waals surface area contributed by atoms with Gasteiger partial charge in [0, 0.05) is 19.2 Å². The Morgan fingerprint density at radius 3 is 2.76 bits per heavy atom. The van der Waals surface area contributed by atoms with Crippen molar-refractivity contribution in [3.63, 3.8) is 0 Å². The molecule has 5 nitrogen and oxygen atoms in total. The van der Waals surface area contributed by atoms with Crippen molar-refractivity contribution in [1.29, 1.82) is 0 Å². The lowest BCUT2D eigenvalue weighted by Gasteiger charge is -2.09. The van der Waals surface area contributed by atoms with Gasteiger partial charge < -0.3 is 14.6 Å². The third-order valence-corrected chi connectivity index (χ3v) is 4.64. The Morgan fingerprint density at radius 2 is 2.00 bits per heavy atom. The van der Waals surface area contributed by atoms with Gasteiger partial charge in [0.2, 0.25) is 0 Å². The number of nitrogens with zero attached hydrogens (tertiary/aromatic N) is 3. The first-order valence-corrected chi connectivity index (χ1v) is 7.89. The van der Waals surface area contributed by atoms with Gasteiger partial charge in [0.1, 0.15) is 16.9 Å². The molecule has 0 spiro atoms. The third kappa shape index (κ3) is 2.87. The summed E-state index contributed by atoms with van der Waals surface area (Å²) < 4.78 is 35.1. The molecule has 2 aromatic heterocycles. The average molecular weight is 383 g/mol. The largest absolute Gasteiger partial charge is 0.492 e. The van der Waals surface area contributed by atoms with E-state index in [-0.39, 0.29) is 23.8 Å². The second kappa shape index (κ2) is 6.45. The molecule has 0 aliphatic carbocycles. The van der Waals surface area contributed by atoms with E-state index in [1.165, 1.54) is 24.5 Å². The molecule has 2 aromatic carbocycles. The highest BCUT2D eigenvalue weighted by Crippen LogP contribution is 2.36. The first-order valence-electron chi connectivity index (χ1n) is 7.07. The van der Waals surface area contributed by atoms with Gasteiger partial charge in [0.05, 0.1) is 29.3 Å². The van der Waals surface area contributed by atoms with Crippen molar-refractivity contribution in [2.24, 2.45) is 7.05 Å². The van der Waals surface area contributed by atoms with Crippen molar-refractivity contribution in [3.05, 3.63) is 42.2 Å². The molecular weight excluding hydrogens is 370 g/mol. The number of hydrogen-bond donors (Lipinski definition) is 1. The van der Waals surface area contributed by atoms with E-state index < -0.39 is 11.6 Å². The summed E-state index contributed by atoms with van der Waals surface area (Å²) in [7, 11) is 3.24. The maximum atomic E-state index is 13.8. The fourth-order valence-electron chi connectivity index (χ4n) is 2.62. The van der Waals surface area contributed by atoms with Crippen LogP contribution >= 0.6 is 23.7 Å². The molecule has 0 amide bonds. The first kappa shape index (κ1) is 17.4. The van der Waals surface area contributed by atoms with Crippen LogP contribution in [-0.4, -0.2) is 21.6 Å². The van der Waals surface area contributed by atoms with E-state index in [0.717, 1.165) is 27.3 Å². The van der Waals surface area contributed by atoms with Gasteiger partial charge in [-0.1, -0.05) is 11.3 Å². The van der Waals surface area contributed by atoms with Gasteiger partial charge in [-0.2, -0.15) is 0 Å².